The summed E-state index contributed by atoms with van der Waals surface area (Å²) in [6.45, 7) is 8.35. The largest absolute Gasteiger partial charge is 0.381 e. The summed E-state index contributed by atoms with van der Waals surface area (Å²) in [4.78, 5) is 13.5. The van der Waals surface area contributed by atoms with Gasteiger partial charge < -0.3 is 10.0 Å². The molecule has 1 rings (SSSR count). The van der Waals surface area contributed by atoms with Crippen molar-refractivity contribution in [3.8, 4) is 0 Å². The number of hydrogen-bond acceptors (Lipinski definition) is 4. The molecule has 0 saturated heterocycles. The maximum absolute atomic E-state index is 12.6. The van der Waals surface area contributed by atoms with E-state index in [0.717, 1.165) is 11.1 Å². The van der Waals surface area contributed by atoms with E-state index < -0.39 is 32.8 Å². The van der Waals surface area contributed by atoms with Gasteiger partial charge in [-0.05, 0) is 51.3 Å². The molecule has 0 aliphatic carbocycles. The first-order valence-electron chi connectivity index (χ1n) is 7.77. The van der Waals surface area contributed by atoms with Crippen LogP contribution in [0.3, 0.4) is 0 Å². The fourth-order valence-corrected chi connectivity index (χ4v) is 3.28. The molecule has 6 nitrogen and oxygen atoms in total. The van der Waals surface area contributed by atoms with Crippen molar-refractivity contribution < 1.29 is 18.3 Å². The van der Waals surface area contributed by atoms with Gasteiger partial charge in [0.05, 0.1) is 10.8 Å². The predicted octanol–water partition coefficient (Wildman–Crippen LogP) is 1.51. The number of aliphatic hydroxyl groups is 1. The Bertz CT molecular complexity index is 686. The van der Waals surface area contributed by atoms with Crippen molar-refractivity contribution in [3.63, 3.8) is 0 Å². The number of rotatable bonds is 5. The van der Waals surface area contributed by atoms with Gasteiger partial charge in [-0.15, -0.1) is 0 Å². The molecule has 0 saturated carbocycles. The molecule has 1 aromatic rings. The predicted molar refractivity (Wildman–Crippen MR) is 95.2 cm³/mol. The maximum Gasteiger partial charge on any atom is 0.252 e. The second kappa shape index (κ2) is 7.21. The summed E-state index contributed by atoms with van der Waals surface area (Å²) in [5.41, 5.74) is 2.23. The average molecular weight is 356 g/mol. The second-order valence-corrected chi connectivity index (χ2v) is 9.66. The molecular formula is C17H28N2O4S. The molecule has 0 bridgehead atoms. The first kappa shape index (κ1) is 20.6. The highest BCUT2D eigenvalue weighted by atomic mass is 32.2. The van der Waals surface area contributed by atoms with Gasteiger partial charge in [0.25, 0.3) is 5.91 Å². The highest BCUT2D eigenvalue weighted by Gasteiger charge is 2.38. The number of benzene rings is 1. The Labute approximate surface area is 144 Å². The first-order valence-corrected chi connectivity index (χ1v) is 9.25. The fraction of sp³-hybridized carbons (Fsp3) is 0.588. The molecule has 7 heteroatoms. The van der Waals surface area contributed by atoms with E-state index in [1.807, 2.05) is 32.0 Å². The first-order chi connectivity index (χ1) is 10.8. The standard InChI is InChI=1S/C17H28N2O4S/c1-11-9-8-10-12(2)13(11)14(15(20)16(21)19(6)7)18-24(22,23)17(3,4)5/h8-10,14-15,18,20H,1-7H3/t14-,15+/m1/s1. The van der Waals surface area contributed by atoms with Crippen molar-refractivity contribution in [2.75, 3.05) is 14.1 Å². The molecule has 0 spiro atoms. The average Bonchev–Trinajstić information content (AvgIpc) is 2.42. The van der Waals surface area contributed by atoms with Crippen LogP contribution in [0.2, 0.25) is 0 Å². The Kier molecular flexibility index (Phi) is 6.19. The third kappa shape index (κ3) is 4.34. The molecule has 1 amide bonds. The number of carbonyl (C=O) groups is 1. The second-order valence-electron chi connectivity index (χ2n) is 7.19. The minimum atomic E-state index is -3.76. The minimum Gasteiger partial charge on any atom is -0.381 e. The molecule has 1 aromatic carbocycles. The van der Waals surface area contributed by atoms with Crippen LogP contribution in [0.4, 0.5) is 0 Å². The third-order valence-corrected chi connectivity index (χ3v) is 6.13. The quantitative estimate of drug-likeness (QED) is 0.837. The Hall–Kier alpha value is -1.44. The molecule has 24 heavy (non-hydrogen) atoms. The third-order valence-electron chi connectivity index (χ3n) is 3.95. The number of nitrogens with one attached hydrogen (secondary N) is 1. The zero-order chi connectivity index (χ0) is 18.9. The number of nitrogens with zero attached hydrogens (tertiary/aromatic N) is 1. The SMILES string of the molecule is Cc1cccc(C)c1[C@@H](NS(=O)(=O)C(C)(C)C)[C@H](O)C(=O)N(C)C. The number of aryl methyl sites for hydroxylation is 2. The zero-order valence-electron chi connectivity index (χ0n) is 15.4. The number of hydrogen-bond donors (Lipinski definition) is 2. The van der Waals surface area contributed by atoms with E-state index in [2.05, 4.69) is 4.72 Å². The molecule has 0 aliphatic heterocycles. The Morgan fingerprint density at radius 3 is 2.00 bits per heavy atom. The van der Waals surface area contributed by atoms with Gasteiger partial charge >= 0.3 is 0 Å². The molecule has 0 aliphatic rings. The summed E-state index contributed by atoms with van der Waals surface area (Å²) in [6, 6.07) is 4.45. The molecule has 2 atom stereocenters. The summed E-state index contributed by atoms with van der Waals surface area (Å²) in [6.07, 6.45) is -1.52. The van der Waals surface area contributed by atoms with Crippen LogP contribution >= 0.6 is 0 Å². The number of amides is 1. The van der Waals surface area contributed by atoms with E-state index in [4.69, 9.17) is 0 Å². The van der Waals surface area contributed by atoms with Crippen LogP contribution in [0, 0.1) is 13.8 Å². The van der Waals surface area contributed by atoms with E-state index in [-0.39, 0.29) is 0 Å². The summed E-state index contributed by atoms with van der Waals surface area (Å²) in [5.74, 6) is -0.556. The van der Waals surface area contributed by atoms with Crippen LogP contribution in [0.25, 0.3) is 0 Å². The Balaban J connectivity index is 3.46. The maximum atomic E-state index is 12.6. The lowest BCUT2D eigenvalue weighted by Gasteiger charge is -2.31. The topological polar surface area (TPSA) is 86.7 Å². The van der Waals surface area contributed by atoms with Crippen LogP contribution in [0.1, 0.15) is 43.5 Å². The van der Waals surface area contributed by atoms with Gasteiger partial charge in [0.15, 0.2) is 6.10 Å². The van der Waals surface area contributed by atoms with Crippen LogP contribution in [-0.2, 0) is 14.8 Å². The lowest BCUT2D eigenvalue weighted by atomic mass is 9.93. The van der Waals surface area contributed by atoms with Crippen LogP contribution in [0.15, 0.2) is 18.2 Å². The Morgan fingerprint density at radius 2 is 1.62 bits per heavy atom. The van der Waals surface area contributed by atoms with Crippen LogP contribution < -0.4 is 4.72 Å². The molecule has 0 aromatic heterocycles. The molecular weight excluding hydrogens is 328 g/mol. The number of likely N-dealkylation sites (N-methyl/N-ethyl adjacent to an activating group) is 1. The van der Waals surface area contributed by atoms with Gasteiger partial charge in [0, 0.05) is 14.1 Å². The lowest BCUT2D eigenvalue weighted by Crippen LogP contribution is -2.49. The molecule has 0 heterocycles. The van der Waals surface area contributed by atoms with Crippen molar-refractivity contribution in [3.05, 3.63) is 34.9 Å². The van der Waals surface area contributed by atoms with E-state index in [0.29, 0.717) is 5.56 Å². The zero-order valence-corrected chi connectivity index (χ0v) is 16.2. The molecule has 0 unspecified atom stereocenters. The van der Waals surface area contributed by atoms with Gasteiger partial charge in [-0.2, -0.15) is 0 Å². The fourth-order valence-electron chi connectivity index (χ4n) is 2.35. The van der Waals surface area contributed by atoms with Crippen molar-refractivity contribution in [2.45, 2.75) is 51.5 Å². The van der Waals surface area contributed by atoms with Gasteiger partial charge in [-0.25, -0.2) is 13.1 Å². The van der Waals surface area contributed by atoms with E-state index in [1.54, 1.807) is 20.8 Å². The number of aliphatic hydroxyl groups excluding tert-OH is 1. The smallest absolute Gasteiger partial charge is 0.252 e. The van der Waals surface area contributed by atoms with Crippen molar-refractivity contribution >= 4 is 15.9 Å². The normalized spacial score (nSPS) is 15.0. The monoisotopic (exact) mass is 356 g/mol. The highest BCUT2D eigenvalue weighted by Crippen LogP contribution is 2.28. The number of carbonyl (C=O) groups excluding carboxylic acids is 1. The van der Waals surface area contributed by atoms with Gasteiger partial charge in [0.1, 0.15) is 0 Å². The van der Waals surface area contributed by atoms with Gasteiger partial charge in [0.2, 0.25) is 10.0 Å². The summed E-state index contributed by atoms with van der Waals surface area (Å²) in [5, 5.41) is 10.6. The van der Waals surface area contributed by atoms with Crippen LogP contribution in [0.5, 0.6) is 0 Å². The van der Waals surface area contributed by atoms with E-state index >= 15 is 0 Å². The Morgan fingerprint density at radius 1 is 1.17 bits per heavy atom. The highest BCUT2D eigenvalue weighted by molar-refractivity contribution is 7.90. The molecule has 0 fully saturated rings. The van der Waals surface area contributed by atoms with E-state index in [9.17, 15) is 18.3 Å². The number of sulfonamides is 1. The van der Waals surface area contributed by atoms with E-state index in [1.165, 1.54) is 19.0 Å². The molecule has 136 valence electrons. The minimum absolute atomic E-state index is 0.556. The van der Waals surface area contributed by atoms with Crippen molar-refractivity contribution in [1.82, 2.24) is 9.62 Å². The van der Waals surface area contributed by atoms with Crippen molar-refractivity contribution in [2.24, 2.45) is 0 Å². The summed E-state index contributed by atoms with van der Waals surface area (Å²) in [7, 11) is -0.725. The lowest BCUT2D eigenvalue weighted by molar-refractivity contribution is -0.138. The van der Waals surface area contributed by atoms with Crippen LogP contribution in [-0.4, -0.2) is 49.3 Å². The molecule has 0 radical (unpaired) electrons. The van der Waals surface area contributed by atoms with Crippen molar-refractivity contribution in [1.29, 1.82) is 0 Å². The summed E-state index contributed by atoms with van der Waals surface area (Å²) >= 11 is 0. The molecule has 2 N–H and O–H groups in total. The van der Waals surface area contributed by atoms with Gasteiger partial charge in [-0.1, -0.05) is 18.2 Å². The summed E-state index contributed by atoms with van der Waals surface area (Å²) < 4.78 is 26.7. The van der Waals surface area contributed by atoms with Gasteiger partial charge in [-0.3, -0.25) is 4.79 Å².